The number of amides is 1. The Labute approximate surface area is 94.6 Å². The molecule has 0 spiro atoms. The quantitative estimate of drug-likeness (QED) is 0.423. The second-order valence-corrected chi connectivity index (χ2v) is 3.31. The molecule has 0 fully saturated rings. The van der Waals surface area contributed by atoms with Crippen molar-refractivity contribution in [3.63, 3.8) is 0 Å². The lowest BCUT2D eigenvalue weighted by Crippen LogP contribution is -2.23. The Hall–Kier alpha value is -1.84. The zero-order valence-corrected chi connectivity index (χ0v) is 9.02. The third-order valence-corrected chi connectivity index (χ3v) is 2.05. The first-order valence-corrected chi connectivity index (χ1v) is 5.19. The molecule has 0 aliphatic heterocycles. The van der Waals surface area contributed by atoms with Gasteiger partial charge in [0, 0.05) is 0 Å². The topological polar surface area (TPSA) is 55.4 Å². The minimum atomic E-state index is -0.403. The van der Waals surface area contributed by atoms with Crippen molar-refractivity contribution < 1.29 is 14.3 Å². The van der Waals surface area contributed by atoms with Gasteiger partial charge in [-0.1, -0.05) is 30.3 Å². The van der Waals surface area contributed by atoms with E-state index < -0.39 is 5.97 Å². The molecule has 1 N–H and O–H groups in total. The summed E-state index contributed by atoms with van der Waals surface area (Å²) >= 11 is 0. The van der Waals surface area contributed by atoms with E-state index >= 15 is 0 Å². The summed E-state index contributed by atoms with van der Waals surface area (Å²) in [6.07, 6.45) is 2.15. The molecule has 4 nitrogen and oxygen atoms in total. The van der Waals surface area contributed by atoms with Gasteiger partial charge in [0.15, 0.2) is 0 Å². The predicted molar refractivity (Wildman–Crippen MR) is 59.8 cm³/mol. The van der Waals surface area contributed by atoms with Gasteiger partial charge < -0.3 is 10.1 Å². The molecule has 0 aromatic heterocycles. The molecule has 0 aliphatic rings. The van der Waals surface area contributed by atoms with Gasteiger partial charge in [0.05, 0.1) is 6.61 Å². The number of ether oxygens (including phenoxy) is 1. The zero-order chi connectivity index (χ0) is 11.6. The number of hydrogen-bond acceptors (Lipinski definition) is 3. The van der Waals surface area contributed by atoms with Crippen molar-refractivity contribution in [3.8, 4) is 0 Å². The molecule has 0 aliphatic carbocycles. The van der Waals surface area contributed by atoms with Crippen molar-refractivity contribution in [1.82, 2.24) is 5.32 Å². The Morgan fingerprint density at radius 1 is 1.31 bits per heavy atom. The number of nitrogens with one attached hydrogen (secondary N) is 1. The van der Waals surface area contributed by atoms with Crippen molar-refractivity contribution in [2.75, 3.05) is 13.2 Å². The van der Waals surface area contributed by atoms with E-state index in [0.717, 1.165) is 12.8 Å². The number of aryl methyl sites for hydroxylation is 1. The van der Waals surface area contributed by atoms with Gasteiger partial charge in [-0.2, -0.15) is 0 Å². The average molecular weight is 221 g/mol. The van der Waals surface area contributed by atoms with Gasteiger partial charge in [0.2, 0.25) is 6.41 Å². The fourth-order valence-electron chi connectivity index (χ4n) is 1.28. The van der Waals surface area contributed by atoms with E-state index in [4.69, 9.17) is 4.74 Å². The van der Waals surface area contributed by atoms with Crippen molar-refractivity contribution in [2.45, 2.75) is 12.8 Å². The second kappa shape index (κ2) is 7.45. The lowest BCUT2D eigenvalue weighted by molar-refractivity contribution is -0.143. The third-order valence-electron chi connectivity index (χ3n) is 2.05. The van der Waals surface area contributed by atoms with E-state index in [1.54, 1.807) is 0 Å². The Bertz CT molecular complexity index is 324. The molecule has 1 aromatic carbocycles. The second-order valence-electron chi connectivity index (χ2n) is 3.31. The molecule has 0 saturated heterocycles. The van der Waals surface area contributed by atoms with Crippen LogP contribution in [0.4, 0.5) is 0 Å². The normalized spacial score (nSPS) is 9.50. The number of esters is 1. The van der Waals surface area contributed by atoms with E-state index in [1.165, 1.54) is 5.56 Å². The molecule has 86 valence electrons. The highest BCUT2D eigenvalue weighted by atomic mass is 16.5. The Morgan fingerprint density at radius 3 is 2.75 bits per heavy atom. The van der Waals surface area contributed by atoms with Crippen LogP contribution < -0.4 is 5.32 Å². The van der Waals surface area contributed by atoms with Gasteiger partial charge in [-0.15, -0.1) is 0 Å². The maximum Gasteiger partial charge on any atom is 0.325 e. The smallest absolute Gasteiger partial charge is 0.325 e. The van der Waals surface area contributed by atoms with E-state index in [0.29, 0.717) is 13.0 Å². The van der Waals surface area contributed by atoms with Crippen molar-refractivity contribution in [2.24, 2.45) is 0 Å². The molecule has 1 amide bonds. The monoisotopic (exact) mass is 221 g/mol. The maximum absolute atomic E-state index is 11.0. The van der Waals surface area contributed by atoms with Crippen LogP contribution >= 0.6 is 0 Å². The fourth-order valence-corrected chi connectivity index (χ4v) is 1.28. The predicted octanol–water partition coefficient (Wildman–Crippen LogP) is 0.908. The fraction of sp³-hybridized carbons (Fsp3) is 0.333. The number of carbonyl (C=O) groups is 2. The molecule has 1 aromatic rings. The first-order valence-electron chi connectivity index (χ1n) is 5.19. The average Bonchev–Trinajstić information content (AvgIpc) is 2.33. The van der Waals surface area contributed by atoms with Gasteiger partial charge in [0.1, 0.15) is 6.54 Å². The minimum Gasteiger partial charge on any atom is -0.464 e. The van der Waals surface area contributed by atoms with Crippen LogP contribution in [0.15, 0.2) is 30.3 Å². The molecule has 16 heavy (non-hydrogen) atoms. The number of benzene rings is 1. The summed E-state index contributed by atoms with van der Waals surface area (Å²) in [5.41, 5.74) is 1.23. The molecule has 0 atom stereocenters. The highest BCUT2D eigenvalue weighted by Gasteiger charge is 2.00. The molecular weight excluding hydrogens is 206 g/mol. The number of carbonyl (C=O) groups excluding carboxylic acids is 2. The van der Waals surface area contributed by atoms with Crippen LogP contribution in [0.3, 0.4) is 0 Å². The van der Waals surface area contributed by atoms with Crippen molar-refractivity contribution >= 4 is 12.4 Å². The van der Waals surface area contributed by atoms with E-state index in [1.807, 2.05) is 30.3 Å². The van der Waals surface area contributed by atoms with E-state index in [2.05, 4.69) is 5.32 Å². The summed E-state index contributed by atoms with van der Waals surface area (Å²) < 4.78 is 4.91. The first kappa shape index (κ1) is 12.2. The van der Waals surface area contributed by atoms with Crippen molar-refractivity contribution in [1.29, 1.82) is 0 Å². The lowest BCUT2D eigenvalue weighted by Gasteiger charge is -2.04. The summed E-state index contributed by atoms with van der Waals surface area (Å²) in [7, 11) is 0. The summed E-state index contributed by atoms with van der Waals surface area (Å²) in [5.74, 6) is -0.403. The molecule has 0 saturated carbocycles. The third kappa shape index (κ3) is 5.14. The van der Waals surface area contributed by atoms with Crippen LogP contribution in [0, 0.1) is 0 Å². The lowest BCUT2D eigenvalue weighted by atomic mass is 10.1. The first-order chi connectivity index (χ1) is 7.83. The largest absolute Gasteiger partial charge is 0.464 e. The Morgan fingerprint density at radius 2 is 2.06 bits per heavy atom. The van der Waals surface area contributed by atoms with E-state index in [9.17, 15) is 9.59 Å². The Balaban J connectivity index is 2.08. The number of hydrogen-bond donors (Lipinski definition) is 1. The maximum atomic E-state index is 11.0. The molecule has 0 bridgehead atoms. The highest BCUT2D eigenvalue weighted by molar-refractivity contribution is 5.73. The van der Waals surface area contributed by atoms with Crippen LogP contribution in [0.2, 0.25) is 0 Å². The van der Waals surface area contributed by atoms with Crippen LogP contribution in [0.25, 0.3) is 0 Å². The van der Waals surface area contributed by atoms with E-state index in [-0.39, 0.29) is 6.54 Å². The van der Waals surface area contributed by atoms with Crippen LogP contribution in [0.5, 0.6) is 0 Å². The zero-order valence-electron chi connectivity index (χ0n) is 9.02. The molecule has 0 radical (unpaired) electrons. The van der Waals surface area contributed by atoms with Gasteiger partial charge >= 0.3 is 5.97 Å². The van der Waals surface area contributed by atoms with Gasteiger partial charge in [-0.25, -0.2) is 0 Å². The summed E-state index contributed by atoms with van der Waals surface area (Å²) in [6.45, 7) is 0.323. The Kier molecular flexibility index (Phi) is 5.70. The summed E-state index contributed by atoms with van der Waals surface area (Å²) in [4.78, 5) is 20.9. The van der Waals surface area contributed by atoms with Crippen LogP contribution in [0.1, 0.15) is 12.0 Å². The molecule has 4 heteroatoms. The minimum absolute atomic E-state index is 0.0607. The van der Waals surface area contributed by atoms with Crippen LogP contribution in [-0.2, 0) is 20.7 Å². The summed E-state index contributed by atoms with van der Waals surface area (Å²) in [6, 6.07) is 10.0. The summed E-state index contributed by atoms with van der Waals surface area (Å²) in [5, 5.41) is 2.25. The van der Waals surface area contributed by atoms with Crippen LogP contribution in [-0.4, -0.2) is 25.5 Å². The highest BCUT2D eigenvalue weighted by Crippen LogP contribution is 2.02. The SMILES string of the molecule is O=CNCC(=O)OCCCc1ccccc1. The molecular formula is C12H15NO3. The van der Waals surface area contributed by atoms with Gasteiger partial charge in [0.25, 0.3) is 0 Å². The van der Waals surface area contributed by atoms with Gasteiger partial charge in [-0.3, -0.25) is 9.59 Å². The standard InChI is InChI=1S/C12H15NO3/c14-10-13-9-12(15)16-8-4-7-11-5-2-1-3-6-11/h1-3,5-6,10H,4,7-9H2,(H,13,14). The van der Waals surface area contributed by atoms with Crippen molar-refractivity contribution in [3.05, 3.63) is 35.9 Å². The molecule has 0 heterocycles. The molecule has 1 rings (SSSR count). The number of rotatable bonds is 7. The van der Waals surface area contributed by atoms with Gasteiger partial charge in [-0.05, 0) is 18.4 Å². The molecule has 0 unspecified atom stereocenters.